The molecular formula is C18H25ClO5. The highest BCUT2D eigenvalue weighted by Crippen LogP contribution is 2.40. The number of hydrogen-bond donors (Lipinski definition) is 4. The molecule has 0 aliphatic carbocycles. The molecule has 134 valence electrons. The van der Waals surface area contributed by atoms with Crippen LogP contribution in [0.25, 0.3) is 0 Å². The van der Waals surface area contributed by atoms with Crippen LogP contribution in [0.3, 0.4) is 0 Å². The molecule has 0 heterocycles. The minimum atomic E-state index is -1.17. The lowest BCUT2D eigenvalue weighted by Crippen LogP contribution is -2.35. The van der Waals surface area contributed by atoms with Gasteiger partial charge in [-0.1, -0.05) is 23.3 Å². The number of hydrogen-bond acceptors (Lipinski definition) is 5. The van der Waals surface area contributed by atoms with Crippen molar-refractivity contribution in [3.8, 4) is 11.5 Å². The Morgan fingerprint density at radius 3 is 2.38 bits per heavy atom. The zero-order valence-corrected chi connectivity index (χ0v) is 15.2. The fourth-order valence-electron chi connectivity index (χ4n) is 2.31. The quantitative estimate of drug-likeness (QED) is 0.444. The fraction of sp³-hybridized carbons (Fsp3) is 0.500. The summed E-state index contributed by atoms with van der Waals surface area (Å²) in [5.41, 5.74) is 0.340. The molecule has 0 bridgehead atoms. The van der Waals surface area contributed by atoms with Gasteiger partial charge in [-0.05, 0) is 52.5 Å². The van der Waals surface area contributed by atoms with E-state index in [-0.39, 0.29) is 34.1 Å². The second kappa shape index (κ2) is 8.01. The molecule has 1 aromatic carbocycles. The van der Waals surface area contributed by atoms with E-state index in [2.05, 4.69) is 0 Å². The van der Waals surface area contributed by atoms with E-state index in [9.17, 15) is 25.2 Å². The van der Waals surface area contributed by atoms with Crippen molar-refractivity contribution in [1.29, 1.82) is 0 Å². The highest BCUT2D eigenvalue weighted by molar-refractivity contribution is 6.33. The van der Waals surface area contributed by atoms with Crippen molar-refractivity contribution in [1.82, 2.24) is 0 Å². The maximum absolute atomic E-state index is 11.1. The number of benzene rings is 1. The molecule has 4 N–H and O–H groups in total. The Kier molecular flexibility index (Phi) is 6.84. The van der Waals surface area contributed by atoms with E-state index in [1.54, 1.807) is 26.8 Å². The summed E-state index contributed by atoms with van der Waals surface area (Å²) < 4.78 is 0. The molecule has 0 saturated heterocycles. The summed E-state index contributed by atoms with van der Waals surface area (Å²) in [6.45, 7) is 6.49. The summed E-state index contributed by atoms with van der Waals surface area (Å²) in [7, 11) is 0. The smallest absolute Gasteiger partial charge is 0.154 e. The first kappa shape index (κ1) is 20.5. The first-order chi connectivity index (χ1) is 11.0. The zero-order valence-electron chi connectivity index (χ0n) is 14.4. The first-order valence-electron chi connectivity index (χ1n) is 7.74. The van der Waals surface area contributed by atoms with Gasteiger partial charge in [-0.2, -0.15) is 0 Å². The summed E-state index contributed by atoms with van der Waals surface area (Å²) in [5, 5.41) is 39.9. The van der Waals surface area contributed by atoms with Gasteiger partial charge in [0.15, 0.2) is 6.29 Å². The van der Waals surface area contributed by atoms with Crippen LogP contribution in [-0.4, -0.2) is 38.4 Å². The van der Waals surface area contributed by atoms with Gasteiger partial charge in [-0.15, -0.1) is 0 Å². The third-order valence-corrected chi connectivity index (χ3v) is 4.63. The van der Waals surface area contributed by atoms with E-state index in [0.717, 1.165) is 5.57 Å². The predicted octanol–water partition coefficient (Wildman–Crippen LogP) is 3.27. The summed E-state index contributed by atoms with van der Waals surface area (Å²) in [6.07, 6.45) is 2.58. The number of carbonyl (C=O) groups is 1. The van der Waals surface area contributed by atoms with E-state index in [4.69, 9.17) is 11.6 Å². The Balaban J connectivity index is 2.94. The second-order valence-corrected chi connectivity index (χ2v) is 6.99. The molecule has 0 radical (unpaired) electrons. The van der Waals surface area contributed by atoms with Crippen LogP contribution in [0.1, 0.15) is 55.1 Å². The highest BCUT2D eigenvalue weighted by Gasteiger charge is 2.24. The lowest BCUT2D eigenvalue weighted by Gasteiger charge is -2.24. The number of halogens is 1. The van der Waals surface area contributed by atoms with Gasteiger partial charge in [-0.25, -0.2) is 0 Å². The van der Waals surface area contributed by atoms with E-state index in [1.807, 2.05) is 6.92 Å². The lowest BCUT2D eigenvalue weighted by molar-refractivity contribution is -0.0509. The molecule has 0 aliphatic heterocycles. The van der Waals surface area contributed by atoms with E-state index in [0.29, 0.717) is 24.7 Å². The van der Waals surface area contributed by atoms with Crippen LogP contribution in [-0.2, 0) is 6.42 Å². The average Bonchev–Trinajstić information content (AvgIpc) is 2.50. The van der Waals surface area contributed by atoms with Gasteiger partial charge in [0.1, 0.15) is 11.5 Å². The molecule has 5 nitrogen and oxygen atoms in total. The van der Waals surface area contributed by atoms with E-state index < -0.39 is 11.7 Å². The molecule has 1 rings (SSSR count). The summed E-state index contributed by atoms with van der Waals surface area (Å²) in [5.74, 6) is -0.511. The Morgan fingerprint density at radius 2 is 1.88 bits per heavy atom. The van der Waals surface area contributed by atoms with Crippen LogP contribution in [0.4, 0.5) is 0 Å². The van der Waals surface area contributed by atoms with Crippen molar-refractivity contribution in [3.05, 3.63) is 33.4 Å². The average molecular weight is 357 g/mol. The predicted molar refractivity (Wildman–Crippen MR) is 93.9 cm³/mol. The molecule has 1 unspecified atom stereocenters. The molecular weight excluding hydrogens is 332 g/mol. The number of phenols is 2. The van der Waals surface area contributed by atoms with Crippen molar-refractivity contribution in [2.75, 3.05) is 0 Å². The third kappa shape index (κ3) is 4.72. The van der Waals surface area contributed by atoms with Crippen LogP contribution >= 0.6 is 11.6 Å². The van der Waals surface area contributed by atoms with Crippen LogP contribution in [0.15, 0.2) is 11.6 Å². The minimum absolute atomic E-state index is 0.0494. The maximum atomic E-state index is 11.1. The normalized spacial score (nSPS) is 13.9. The molecule has 6 heteroatoms. The van der Waals surface area contributed by atoms with Crippen molar-refractivity contribution in [2.45, 2.75) is 58.7 Å². The van der Waals surface area contributed by atoms with Crippen LogP contribution in [0, 0.1) is 6.92 Å². The van der Waals surface area contributed by atoms with E-state index in [1.165, 1.54) is 0 Å². The van der Waals surface area contributed by atoms with E-state index >= 15 is 0 Å². The summed E-state index contributed by atoms with van der Waals surface area (Å²) in [4.78, 5) is 11.1. The molecule has 1 atom stereocenters. The van der Waals surface area contributed by atoms with Gasteiger partial charge in [0.25, 0.3) is 0 Å². The largest absolute Gasteiger partial charge is 0.507 e. The van der Waals surface area contributed by atoms with Crippen molar-refractivity contribution < 1.29 is 25.2 Å². The highest BCUT2D eigenvalue weighted by atomic mass is 35.5. The van der Waals surface area contributed by atoms with Crippen LogP contribution < -0.4 is 0 Å². The molecule has 0 aliphatic rings. The zero-order chi connectivity index (χ0) is 18.7. The van der Waals surface area contributed by atoms with Crippen LogP contribution in [0.2, 0.25) is 5.02 Å². The standard InChI is InChI=1S/C18H25ClO5/c1-10(6-8-14(21)18(3,4)24)5-7-12-16(22)13(9-20)11(2)15(19)17(12)23/h5,9,14,21-24H,6-8H2,1-4H3. The number of aliphatic hydroxyl groups excluding tert-OH is 1. The Morgan fingerprint density at radius 1 is 1.29 bits per heavy atom. The lowest BCUT2D eigenvalue weighted by atomic mass is 9.95. The number of aliphatic hydroxyl groups is 2. The minimum Gasteiger partial charge on any atom is -0.507 e. The number of rotatable bonds is 7. The van der Waals surface area contributed by atoms with Gasteiger partial charge in [-0.3, -0.25) is 4.79 Å². The maximum Gasteiger partial charge on any atom is 0.154 e. The molecule has 0 aromatic heterocycles. The van der Waals surface area contributed by atoms with Gasteiger partial charge in [0.2, 0.25) is 0 Å². The first-order valence-corrected chi connectivity index (χ1v) is 8.12. The molecule has 24 heavy (non-hydrogen) atoms. The summed E-state index contributed by atoms with van der Waals surface area (Å²) >= 11 is 6.01. The molecule has 0 fully saturated rings. The Hall–Kier alpha value is -1.56. The number of allylic oxidation sites excluding steroid dienone is 2. The van der Waals surface area contributed by atoms with Crippen molar-refractivity contribution in [2.24, 2.45) is 0 Å². The monoisotopic (exact) mass is 356 g/mol. The number of aromatic hydroxyl groups is 2. The van der Waals surface area contributed by atoms with Crippen LogP contribution in [0.5, 0.6) is 11.5 Å². The summed E-state index contributed by atoms with van der Waals surface area (Å²) in [6, 6.07) is 0. The van der Waals surface area contributed by atoms with Crippen molar-refractivity contribution in [3.63, 3.8) is 0 Å². The van der Waals surface area contributed by atoms with Gasteiger partial charge in [0.05, 0.1) is 22.3 Å². The number of carbonyl (C=O) groups excluding carboxylic acids is 1. The Bertz CT molecular complexity index is 644. The third-order valence-electron chi connectivity index (χ3n) is 4.17. The molecule has 1 aromatic rings. The molecule has 0 spiro atoms. The topological polar surface area (TPSA) is 98.0 Å². The molecule has 0 amide bonds. The van der Waals surface area contributed by atoms with Crippen molar-refractivity contribution >= 4 is 17.9 Å². The Labute approximate surface area is 147 Å². The van der Waals surface area contributed by atoms with Gasteiger partial charge >= 0.3 is 0 Å². The fourth-order valence-corrected chi connectivity index (χ4v) is 2.53. The second-order valence-electron chi connectivity index (χ2n) is 6.61. The SMILES string of the molecule is CC(=CCc1c(O)c(Cl)c(C)c(C=O)c1O)CCC(O)C(C)(C)O. The number of aldehydes is 1. The van der Waals surface area contributed by atoms with Gasteiger partial charge < -0.3 is 20.4 Å². The number of phenolic OH excluding ortho intramolecular Hbond substituents is 2. The van der Waals surface area contributed by atoms with Gasteiger partial charge in [0, 0.05) is 5.56 Å². The molecule has 0 saturated carbocycles.